The van der Waals surface area contributed by atoms with Crippen LogP contribution < -0.4 is 10.4 Å². The predicted octanol–water partition coefficient (Wildman–Crippen LogP) is 2.51. The normalized spacial score (nSPS) is 27.6. The third kappa shape index (κ3) is 3.45. The van der Waals surface area contributed by atoms with Crippen LogP contribution in [0.15, 0.2) is 18.2 Å². The van der Waals surface area contributed by atoms with Crippen molar-refractivity contribution in [2.45, 2.75) is 65.0 Å². The Bertz CT molecular complexity index is 683. The molecule has 0 bridgehead atoms. The van der Waals surface area contributed by atoms with Gasteiger partial charge in [0.15, 0.2) is 0 Å². The summed E-state index contributed by atoms with van der Waals surface area (Å²) < 4.78 is 17.8. The maximum atomic E-state index is 11.7. The van der Waals surface area contributed by atoms with E-state index in [-0.39, 0.29) is 22.8 Å². The number of nitrogens with zero attached hydrogens (tertiary/aromatic N) is 2. The van der Waals surface area contributed by atoms with Gasteiger partial charge in [-0.3, -0.25) is 10.1 Å². The van der Waals surface area contributed by atoms with Crippen molar-refractivity contribution in [2.24, 2.45) is 0 Å². The lowest BCUT2D eigenvalue weighted by Crippen LogP contribution is -2.46. The molecule has 2 unspecified atom stereocenters. The van der Waals surface area contributed by atoms with Crippen LogP contribution in [-0.4, -0.2) is 48.5 Å². The van der Waals surface area contributed by atoms with E-state index < -0.39 is 18.3 Å². The van der Waals surface area contributed by atoms with E-state index in [4.69, 9.17) is 14.0 Å². The fourth-order valence-electron chi connectivity index (χ4n) is 3.45. The van der Waals surface area contributed by atoms with Gasteiger partial charge in [0.05, 0.1) is 28.3 Å². The zero-order valence-corrected chi connectivity index (χ0v) is 16.3. The first kappa shape index (κ1) is 19.1. The Balaban J connectivity index is 1.92. The number of benzene rings is 1. The van der Waals surface area contributed by atoms with Crippen LogP contribution in [0.25, 0.3) is 0 Å². The van der Waals surface area contributed by atoms with Crippen molar-refractivity contribution in [1.82, 2.24) is 0 Å². The van der Waals surface area contributed by atoms with Gasteiger partial charge in [-0.1, -0.05) is 6.07 Å². The summed E-state index contributed by atoms with van der Waals surface area (Å²) in [5.41, 5.74) is 0.365. The molecule has 0 aliphatic carbocycles. The van der Waals surface area contributed by atoms with E-state index >= 15 is 0 Å². The molecule has 0 aromatic heterocycles. The molecule has 1 aromatic rings. The van der Waals surface area contributed by atoms with Gasteiger partial charge in [0, 0.05) is 19.2 Å². The summed E-state index contributed by atoms with van der Waals surface area (Å²) in [7, 11) is -0.615. The lowest BCUT2D eigenvalue weighted by atomic mass is 9.78. The number of morpholine rings is 1. The van der Waals surface area contributed by atoms with Crippen molar-refractivity contribution in [2.75, 3.05) is 18.0 Å². The maximum absolute atomic E-state index is 11.7. The highest BCUT2D eigenvalue weighted by atomic mass is 16.7. The summed E-state index contributed by atoms with van der Waals surface area (Å²) in [6.45, 7) is 13.1. The summed E-state index contributed by atoms with van der Waals surface area (Å²) in [5, 5.41) is 11.7. The van der Waals surface area contributed by atoms with E-state index in [0.29, 0.717) is 24.2 Å². The predicted molar refractivity (Wildman–Crippen MR) is 101 cm³/mol. The first-order chi connectivity index (χ1) is 12.0. The standard InChI is InChI=1S/C18H27BN2O5/c1-12-10-20(11-13(2)24-12)15-8-7-14(9-16(15)21(22)23)19-25-17(3,4)18(5,6)26-19/h7-9,12-13H,10-11H2,1-6H3. The van der Waals surface area contributed by atoms with Gasteiger partial charge in [-0.2, -0.15) is 0 Å². The highest BCUT2D eigenvalue weighted by molar-refractivity contribution is 6.62. The Morgan fingerprint density at radius 1 is 1.12 bits per heavy atom. The molecular formula is C18H27BN2O5. The molecule has 2 aliphatic rings. The fraction of sp³-hybridized carbons (Fsp3) is 0.667. The lowest BCUT2D eigenvalue weighted by Gasteiger charge is -2.36. The Morgan fingerprint density at radius 3 is 2.15 bits per heavy atom. The van der Waals surface area contributed by atoms with Gasteiger partial charge in [-0.05, 0) is 53.1 Å². The number of anilines is 1. The number of ether oxygens (including phenoxy) is 1. The summed E-state index contributed by atoms with van der Waals surface area (Å²) in [4.78, 5) is 13.4. The Morgan fingerprint density at radius 2 is 1.65 bits per heavy atom. The van der Waals surface area contributed by atoms with Crippen molar-refractivity contribution in [3.8, 4) is 0 Å². The summed E-state index contributed by atoms with van der Waals surface area (Å²) >= 11 is 0. The second-order valence-electron chi connectivity index (χ2n) is 8.26. The SMILES string of the molecule is CC1CN(c2ccc(B3OC(C)(C)C(C)(C)O3)cc2[N+](=O)[O-])CC(C)O1. The molecule has 142 valence electrons. The summed E-state index contributed by atoms with van der Waals surface area (Å²) in [5.74, 6) is 0. The van der Waals surface area contributed by atoms with Gasteiger partial charge in [0.1, 0.15) is 5.69 Å². The van der Waals surface area contributed by atoms with Gasteiger partial charge in [0.25, 0.3) is 5.69 Å². The zero-order valence-electron chi connectivity index (χ0n) is 16.3. The molecule has 0 saturated carbocycles. The van der Waals surface area contributed by atoms with Crippen LogP contribution in [0.3, 0.4) is 0 Å². The molecule has 2 heterocycles. The van der Waals surface area contributed by atoms with E-state index in [1.54, 1.807) is 12.1 Å². The molecule has 2 saturated heterocycles. The number of rotatable bonds is 3. The molecule has 26 heavy (non-hydrogen) atoms. The van der Waals surface area contributed by atoms with E-state index in [9.17, 15) is 10.1 Å². The first-order valence-corrected chi connectivity index (χ1v) is 9.04. The van der Waals surface area contributed by atoms with Gasteiger partial charge in [-0.25, -0.2) is 0 Å². The van der Waals surface area contributed by atoms with Crippen LogP contribution in [0.1, 0.15) is 41.5 Å². The molecular weight excluding hydrogens is 335 g/mol. The zero-order chi connectivity index (χ0) is 19.3. The molecule has 2 aliphatic heterocycles. The largest absolute Gasteiger partial charge is 0.495 e. The van der Waals surface area contributed by atoms with E-state index in [0.717, 1.165) is 0 Å². The maximum Gasteiger partial charge on any atom is 0.495 e. The molecule has 2 fully saturated rings. The van der Waals surface area contributed by atoms with Gasteiger partial charge in [0.2, 0.25) is 0 Å². The van der Waals surface area contributed by atoms with Crippen molar-refractivity contribution in [1.29, 1.82) is 0 Å². The fourth-order valence-corrected chi connectivity index (χ4v) is 3.45. The molecule has 0 spiro atoms. The van der Waals surface area contributed by atoms with Crippen molar-refractivity contribution in [3.63, 3.8) is 0 Å². The van der Waals surface area contributed by atoms with E-state index in [1.165, 1.54) is 0 Å². The Hall–Kier alpha value is -1.64. The second-order valence-corrected chi connectivity index (χ2v) is 8.26. The Kier molecular flexibility index (Phi) is 4.79. The minimum absolute atomic E-state index is 0.0288. The van der Waals surface area contributed by atoms with E-state index in [2.05, 4.69) is 0 Å². The molecule has 7 nitrogen and oxygen atoms in total. The molecule has 1 aromatic carbocycles. The minimum atomic E-state index is -0.615. The van der Waals surface area contributed by atoms with Crippen molar-refractivity contribution >= 4 is 24.0 Å². The van der Waals surface area contributed by atoms with E-state index in [1.807, 2.05) is 52.5 Å². The van der Waals surface area contributed by atoms with Gasteiger partial charge < -0.3 is 18.9 Å². The number of hydrogen-bond acceptors (Lipinski definition) is 6. The molecule has 0 amide bonds. The molecule has 2 atom stereocenters. The molecule has 3 rings (SSSR count). The highest BCUT2D eigenvalue weighted by Crippen LogP contribution is 2.37. The monoisotopic (exact) mass is 362 g/mol. The quantitative estimate of drug-likeness (QED) is 0.467. The summed E-state index contributed by atoms with van der Waals surface area (Å²) in [6, 6.07) is 5.22. The van der Waals surface area contributed by atoms with Crippen molar-refractivity contribution in [3.05, 3.63) is 28.3 Å². The lowest BCUT2D eigenvalue weighted by molar-refractivity contribution is -0.384. The highest BCUT2D eigenvalue weighted by Gasteiger charge is 2.52. The average molecular weight is 362 g/mol. The second kappa shape index (κ2) is 6.51. The van der Waals surface area contributed by atoms with Crippen LogP contribution in [0.2, 0.25) is 0 Å². The van der Waals surface area contributed by atoms with Crippen LogP contribution in [-0.2, 0) is 14.0 Å². The van der Waals surface area contributed by atoms with Gasteiger partial charge >= 0.3 is 7.12 Å². The molecule has 0 N–H and O–H groups in total. The number of nitro benzene ring substituents is 1. The molecule has 8 heteroatoms. The third-order valence-electron chi connectivity index (χ3n) is 5.48. The summed E-state index contributed by atoms with van der Waals surface area (Å²) in [6.07, 6.45) is 0.0576. The van der Waals surface area contributed by atoms with Crippen LogP contribution in [0.4, 0.5) is 11.4 Å². The minimum Gasteiger partial charge on any atom is -0.399 e. The average Bonchev–Trinajstić information content (AvgIpc) is 2.74. The number of hydrogen-bond donors (Lipinski definition) is 0. The van der Waals surface area contributed by atoms with Crippen molar-refractivity contribution < 1.29 is 19.0 Å². The topological polar surface area (TPSA) is 74.1 Å². The Labute approximate surface area is 154 Å². The first-order valence-electron chi connectivity index (χ1n) is 9.04. The van der Waals surface area contributed by atoms with Gasteiger partial charge in [-0.15, -0.1) is 0 Å². The van der Waals surface area contributed by atoms with Crippen LogP contribution in [0.5, 0.6) is 0 Å². The molecule has 0 radical (unpaired) electrons. The van der Waals surface area contributed by atoms with Crippen LogP contribution in [0, 0.1) is 10.1 Å². The smallest absolute Gasteiger partial charge is 0.399 e. The number of nitro groups is 1. The van der Waals surface area contributed by atoms with Crippen LogP contribution >= 0.6 is 0 Å². The third-order valence-corrected chi connectivity index (χ3v) is 5.48.